The quantitative estimate of drug-likeness (QED) is 0.542. The highest BCUT2D eigenvalue weighted by Crippen LogP contribution is 2.04. The number of rotatable bonds is 1. The van der Waals surface area contributed by atoms with Crippen molar-refractivity contribution in [3.05, 3.63) is 17.7 Å². The van der Waals surface area contributed by atoms with Crippen LogP contribution < -0.4 is 0 Å². The van der Waals surface area contributed by atoms with Gasteiger partial charge in [0.15, 0.2) is 5.78 Å². The van der Waals surface area contributed by atoms with Crippen LogP contribution >= 0.6 is 0 Å². The summed E-state index contributed by atoms with van der Waals surface area (Å²) >= 11 is 0. The minimum atomic E-state index is -0.576. The van der Waals surface area contributed by atoms with Gasteiger partial charge in [0.1, 0.15) is 0 Å². The summed E-state index contributed by atoms with van der Waals surface area (Å²) in [6.45, 7) is 1.31. The third kappa shape index (κ3) is 0.920. The van der Waals surface area contributed by atoms with E-state index in [2.05, 4.69) is 5.10 Å². The van der Waals surface area contributed by atoms with Gasteiger partial charge in [0.25, 0.3) is 0 Å². The lowest BCUT2D eigenvalue weighted by molar-refractivity contribution is 0.101. The van der Waals surface area contributed by atoms with Crippen LogP contribution in [0.2, 0.25) is 0 Å². The summed E-state index contributed by atoms with van der Waals surface area (Å²) in [7, 11) is 1.45. The van der Waals surface area contributed by atoms with E-state index in [9.17, 15) is 9.18 Å². The van der Waals surface area contributed by atoms with Gasteiger partial charge < -0.3 is 0 Å². The Kier molecular flexibility index (Phi) is 1.53. The first-order chi connectivity index (χ1) is 4.63. The first-order valence-electron chi connectivity index (χ1n) is 2.81. The maximum atomic E-state index is 12.7. The molecule has 0 unspecified atom stereocenters. The second-order valence-corrected chi connectivity index (χ2v) is 2.03. The molecular formula is C6H7FN2O. The Morgan fingerprint density at radius 3 is 2.60 bits per heavy atom. The van der Waals surface area contributed by atoms with E-state index in [1.165, 1.54) is 20.2 Å². The predicted octanol–water partition coefficient (Wildman–Crippen LogP) is 0.762. The lowest BCUT2D eigenvalue weighted by Crippen LogP contribution is -1.98. The molecule has 3 nitrogen and oxygen atoms in total. The van der Waals surface area contributed by atoms with Crippen LogP contribution in [-0.4, -0.2) is 15.6 Å². The van der Waals surface area contributed by atoms with Crippen LogP contribution in [0.25, 0.3) is 0 Å². The summed E-state index contributed by atoms with van der Waals surface area (Å²) in [4.78, 5) is 10.6. The lowest BCUT2D eigenvalue weighted by Gasteiger charge is -1.88. The van der Waals surface area contributed by atoms with Crippen molar-refractivity contribution in [2.24, 2.45) is 7.05 Å². The fourth-order valence-electron chi connectivity index (χ4n) is 0.659. The monoisotopic (exact) mass is 142 g/mol. The molecule has 54 valence electrons. The molecule has 0 fully saturated rings. The van der Waals surface area contributed by atoms with E-state index < -0.39 is 5.95 Å². The number of halogens is 1. The largest absolute Gasteiger partial charge is 0.294 e. The van der Waals surface area contributed by atoms with Crippen LogP contribution in [-0.2, 0) is 7.05 Å². The smallest absolute Gasteiger partial charge is 0.222 e. The van der Waals surface area contributed by atoms with Crippen molar-refractivity contribution in [2.75, 3.05) is 0 Å². The molecule has 0 amide bonds. The van der Waals surface area contributed by atoms with Crippen LogP contribution in [0.1, 0.15) is 17.3 Å². The van der Waals surface area contributed by atoms with E-state index in [1.54, 1.807) is 0 Å². The molecule has 0 saturated heterocycles. The van der Waals surface area contributed by atoms with Gasteiger partial charge in [0.05, 0.1) is 11.8 Å². The topological polar surface area (TPSA) is 34.9 Å². The SMILES string of the molecule is CC(=O)c1cnn(C)c1F. The highest BCUT2D eigenvalue weighted by Gasteiger charge is 2.10. The molecule has 0 spiro atoms. The Bertz CT molecular complexity index is 267. The van der Waals surface area contributed by atoms with E-state index in [4.69, 9.17) is 0 Å². The molecule has 1 rings (SSSR count). The van der Waals surface area contributed by atoms with Crippen LogP contribution in [0.15, 0.2) is 6.20 Å². The van der Waals surface area contributed by atoms with Crippen LogP contribution in [0.3, 0.4) is 0 Å². The maximum Gasteiger partial charge on any atom is 0.222 e. The van der Waals surface area contributed by atoms with Crippen LogP contribution in [0.5, 0.6) is 0 Å². The van der Waals surface area contributed by atoms with Crippen molar-refractivity contribution < 1.29 is 9.18 Å². The molecule has 0 bridgehead atoms. The number of carbonyl (C=O) groups is 1. The maximum absolute atomic E-state index is 12.7. The number of nitrogens with zero attached hydrogens (tertiary/aromatic N) is 2. The molecule has 4 heteroatoms. The summed E-state index contributed by atoms with van der Waals surface area (Å²) in [6, 6.07) is 0. The van der Waals surface area contributed by atoms with E-state index in [0.29, 0.717) is 0 Å². The Balaban J connectivity index is 3.17. The number of hydrogen-bond donors (Lipinski definition) is 0. The van der Waals surface area contributed by atoms with Gasteiger partial charge in [-0.1, -0.05) is 0 Å². The Morgan fingerprint density at radius 1 is 1.80 bits per heavy atom. The lowest BCUT2D eigenvalue weighted by atomic mass is 10.2. The van der Waals surface area contributed by atoms with Crippen molar-refractivity contribution in [1.82, 2.24) is 9.78 Å². The molecule has 1 heterocycles. The number of Topliss-reactive ketones (excluding diaryl/α,β-unsaturated/α-hetero) is 1. The predicted molar refractivity (Wildman–Crippen MR) is 33.2 cm³/mol. The molecule has 0 aliphatic heterocycles. The summed E-state index contributed by atoms with van der Waals surface area (Å²) < 4.78 is 13.7. The molecule has 10 heavy (non-hydrogen) atoms. The van der Waals surface area contributed by atoms with Crippen molar-refractivity contribution in [2.45, 2.75) is 6.92 Å². The van der Waals surface area contributed by atoms with Gasteiger partial charge in [-0.3, -0.25) is 4.79 Å². The molecule has 1 aromatic rings. The molecule has 0 N–H and O–H groups in total. The van der Waals surface area contributed by atoms with E-state index >= 15 is 0 Å². The zero-order chi connectivity index (χ0) is 7.72. The molecule has 0 atom stereocenters. The van der Waals surface area contributed by atoms with Gasteiger partial charge >= 0.3 is 0 Å². The molecule has 0 aliphatic carbocycles. The van der Waals surface area contributed by atoms with Gasteiger partial charge in [-0.05, 0) is 6.92 Å². The highest BCUT2D eigenvalue weighted by molar-refractivity contribution is 5.93. The summed E-state index contributed by atoms with van der Waals surface area (Å²) in [6.07, 6.45) is 1.22. The fraction of sp³-hybridized carbons (Fsp3) is 0.333. The van der Waals surface area contributed by atoms with Gasteiger partial charge in [0.2, 0.25) is 5.95 Å². The van der Waals surface area contributed by atoms with Gasteiger partial charge in [-0.15, -0.1) is 0 Å². The van der Waals surface area contributed by atoms with Gasteiger partial charge in [0, 0.05) is 7.05 Å². The van der Waals surface area contributed by atoms with Gasteiger partial charge in [-0.25, -0.2) is 4.68 Å². The fourth-order valence-corrected chi connectivity index (χ4v) is 0.659. The summed E-state index contributed by atoms with van der Waals surface area (Å²) in [5, 5.41) is 3.56. The zero-order valence-electron chi connectivity index (χ0n) is 5.76. The van der Waals surface area contributed by atoms with Crippen LogP contribution in [0, 0.1) is 5.95 Å². The number of carbonyl (C=O) groups excluding carboxylic acids is 1. The number of aromatic nitrogens is 2. The second-order valence-electron chi connectivity index (χ2n) is 2.03. The van der Waals surface area contributed by atoms with Crippen molar-refractivity contribution in [3.8, 4) is 0 Å². The Labute approximate surface area is 57.5 Å². The van der Waals surface area contributed by atoms with E-state index in [-0.39, 0.29) is 11.3 Å². The third-order valence-electron chi connectivity index (χ3n) is 1.25. The van der Waals surface area contributed by atoms with Gasteiger partial charge in [-0.2, -0.15) is 9.49 Å². The summed E-state index contributed by atoms with van der Waals surface area (Å²) in [5.74, 6) is -0.877. The second kappa shape index (κ2) is 2.21. The average Bonchev–Trinajstić information content (AvgIpc) is 2.14. The normalized spacial score (nSPS) is 9.90. The van der Waals surface area contributed by atoms with E-state index in [1.807, 2.05) is 0 Å². The molecule has 1 aromatic heterocycles. The van der Waals surface area contributed by atoms with Crippen molar-refractivity contribution in [1.29, 1.82) is 0 Å². The summed E-state index contributed by atoms with van der Waals surface area (Å²) in [5.41, 5.74) is 0.0440. The standard InChI is InChI=1S/C6H7FN2O/c1-4(10)5-3-8-9(2)6(5)7/h3H,1-2H3. The van der Waals surface area contributed by atoms with Crippen LogP contribution in [0.4, 0.5) is 4.39 Å². The highest BCUT2D eigenvalue weighted by atomic mass is 19.1. The number of aryl methyl sites for hydroxylation is 1. The third-order valence-corrected chi connectivity index (χ3v) is 1.25. The molecule has 0 aromatic carbocycles. The first kappa shape index (κ1) is 6.92. The molecule has 0 aliphatic rings. The van der Waals surface area contributed by atoms with E-state index in [0.717, 1.165) is 4.68 Å². The average molecular weight is 142 g/mol. The first-order valence-corrected chi connectivity index (χ1v) is 2.81. The molecular weight excluding hydrogens is 135 g/mol. The minimum absolute atomic E-state index is 0.0440. The van der Waals surface area contributed by atoms with Crippen molar-refractivity contribution >= 4 is 5.78 Å². The number of ketones is 1. The van der Waals surface area contributed by atoms with Crippen molar-refractivity contribution in [3.63, 3.8) is 0 Å². The minimum Gasteiger partial charge on any atom is -0.294 e. The Morgan fingerprint density at radius 2 is 2.40 bits per heavy atom. The Hall–Kier alpha value is -1.19. The molecule has 0 saturated carbocycles. The zero-order valence-corrected chi connectivity index (χ0v) is 5.76. The number of hydrogen-bond acceptors (Lipinski definition) is 2. The molecule has 0 radical (unpaired) electrons.